The third-order valence-corrected chi connectivity index (χ3v) is 12.3. The average Bonchev–Trinajstić information content (AvgIpc) is 2.92. The van der Waals surface area contributed by atoms with E-state index in [1.807, 2.05) is 0 Å². The number of ether oxygens (including phenoxy) is 5. The van der Waals surface area contributed by atoms with Crippen LogP contribution in [0.2, 0.25) is 24.7 Å². The van der Waals surface area contributed by atoms with E-state index < -0.39 is 16.6 Å². The van der Waals surface area contributed by atoms with Crippen molar-refractivity contribution in [2.24, 2.45) is 0 Å². The summed E-state index contributed by atoms with van der Waals surface area (Å²) in [5.41, 5.74) is 0. The Morgan fingerprint density at radius 2 is 0.750 bits per heavy atom. The highest BCUT2D eigenvalue weighted by atomic mass is 28.4. The molecular formula is C31H52O7Si2. The van der Waals surface area contributed by atoms with Gasteiger partial charge >= 0.3 is 0 Å². The molecule has 2 rings (SSSR count). The first-order chi connectivity index (χ1) is 19.2. The Balaban J connectivity index is 1.54. The zero-order chi connectivity index (χ0) is 29.2. The van der Waals surface area contributed by atoms with Gasteiger partial charge in [-0.2, -0.15) is 0 Å². The van der Waals surface area contributed by atoms with Gasteiger partial charge < -0.3 is 32.5 Å². The van der Waals surface area contributed by atoms with Gasteiger partial charge in [-0.15, -0.1) is 0 Å². The average molecular weight is 593 g/mol. The summed E-state index contributed by atoms with van der Waals surface area (Å²) in [5, 5.41) is 2.51. The molecule has 0 aliphatic heterocycles. The molecule has 0 N–H and O–H groups in total. The van der Waals surface area contributed by atoms with E-state index in [9.17, 15) is 0 Å². The molecule has 2 aromatic carbocycles. The smallest absolute Gasteiger partial charge is 0.261 e. The van der Waals surface area contributed by atoms with Crippen molar-refractivity contribution in [3.05, 3.63) is 60.7 Å². The largest absolute Gasteiger partial charge is 0.415 e. The van der Waals surface area contributed by atoms with Gasteiger partial charge in [-0.1, -0.05) is 81.4 Å². The molecule has 0 spiro atoms. The van der Waals surface area contributed by atoms with Gasteiger partial charge in [-0.25, -0.2) is 0 Å². The maximum atomic E-state index is 6.83. The molecule has 2 aromatic rings. The molecule has 7 nitrogen and oxygen atoms in total. The minimum absolute atomic E-state index is 0.0415. The summed E-state index contributed by atoms with van der Waals surface area (Å²) in [7, 11) is -3.97. The first-order valence-electron chi connectivity index (χ1n) is 14.4. The van der Waals surface area contributed by atoms with Gasteiger partial charge in [-0.05, 0) is 35.1 Å². The lowest BCUT2D eigenvalue weighted by molar-refractivity contribution is -0.0144. The molecule has 0 aliphatic carbocycles. The summed E-state index contributed by atoms with van der Waals surface area (Å²) < 4.78 is 40.6. The van der Waals surface area contributed by atoms with Crippen molar-refractivity contribution in [3.8, 4) is 0 Å². The molecule has 0 aliphatic rings. The van der Waals surface area contributed by atoms with Crippen molar-refractivity contribution < 1.29 is 32.5 Å². The van der Waals surface area contributed by atoms with Gasteiger partial charge in [0.25, 0.3) is 8.32 Å². The highest BCUT2D eigenvalue weighted by Gasteiger charge is 2.49. The fraction of sp³-hybridized carbons (Fsp3) is 0.613. The quantitative estimate of drug-likeness (QED) is 0.147. The predicted octanol–water partition coefficient (Wildman–Crippen LogP) is 4.50. The molecule has 9 heteroatoms. The van der Waals surface area contributed by atoms with Gasteiger partial charge in [0.05, 0.1) is 79.3 Å². The normalized spacial score (nSPS) is 12.7. The topological polar surface area (TPSA) is 64.6 Å². The third-order valence-electron chi connectivity index (χ3n) is 6.21. The molecule has 0 aromatic heterocycles. The van der Waals surface area contributed by atoms with Gasteiger partial charge in [0.2, 0.25) is 0 Å². The van der Waals surface area contributed by atoms with Crippen LogP contribution in [0.25, 0.3) is 0 Å². The van der Waals surface area contributed by atoms with Gasteiger partial charge in [-0.3, -0.25) is 0 Å². The Hall–Kier alpha value is -1.41. The van der Waals surface area contributed by atoms with E-state index in [2.05, 4.69) is 101 Å². The fourth-order valence-corrected chi connectivity index (χ4v) is 9.64. The molecular weight excluding hydrogens is 541 g/mol. The van der Waals surface area contributed by atoms with Crippen molar-refractivity contribution in [1.29, 1.82) is 0 Å². The monoisotopic (exact) mass is 592 g/mol. The van der Waals surface area contributed by atoms with E-state index in [0.717, 1.165) is 0 Å². The molecule has 226 valence electrons. The van der Waals surface area contributed by atoms with Crippen LogP contribution in [0, 0.1) is 0 Å². The van der Waals surface area contributed by atoms with E-state index in [1.165, 1.54) is 10.4 Å². The molecule has 0 amide bonds. The Labute approximate surface area is 244 Å². The minimum Gasteiger partial charge on any atom is -0.415 e. The second-order valence-electron chi connectivity index (χ2n) is 11.5. The van der Waals surface area contributed by atoms with E-state index >= 15 is 0 Å². The molecule has 0 fully saturated rings. The second-order valence-corrected chi connectivity index (χ2v) is 20.4. The van der Waals surface area contributed by atoms with Crippen LogP contribution in [0.15, 0.2) is 60.7 Å². The Bertz CT molecular complexity index is 847. The summed E-state index contributed by atoms with van der Waals surface area (Å²) >= 11 is 0. The molecule has 40 heavy (non-hydrogen) atoms. The highest BCUT2D eigenvalue weighted by molar-refractivity contribution is 6.99. The van der Waals surface area contributed by atoms with Crippen LogP contribution < -0.4 is 10.4 Å². The molecule has 0 atom stereocenters. The van der Waals surface area contributed by atoms with E-state index in [0.29, 0.717) is 79.3 Å². The van der Waals surface area contributed by atoms with Crippen molar-refractivity contribution in [2.45, 2.75) is 45.5 Å². The first-order valence-corrected chi connectivity index (χ1v) is 19.8. The standard InChI is InChI=1S/C31H52O7Si2/c1-31(2,3)40(29-13-9-7-10-14-29,30-15-11-8-12-16-30)38-28-26-36-24-22-34-20-18-32-17-19-33-21-23-35-25-27-37-39(4,5)6/h7-16H,17-28H2,1-6H3. The second kappa shape index (κ2) is 18.9. The molecule has 0 heterocycles. The fourth-order valence-electron chi connectivity index (χ4n) is 4.40. The van der Waals surface area contributed by atoms with Gasteiger partial charge in [0, 0.05) is 0 Å². The van der Waals surface area contributed by atoms with Gasteiger partial charge in [0.15, 0.2) is 8.32 Å². The number of rotatable bonds is 22. The summed E-state index contributed by atoms with van der Waals surface area (Å²) in [4.78, 5) is 0. The lowest BCUT2D eigenvalue weighted by Gasteiger charge is -2.43. The van der Waals surface area contributed by atoms with E-state index in [4.69, 9.17) is 32.5 Å². The summed E-state index contributed by atoms with van der Waals surface area (Å²) in [5.74, 6) is 0. The van der Waals surface area contributed by atoms with Crippen LogP contribution in [0.3, 0.4) is 0 Å². The molecule has 0 unspecified atom stereocenters. The third kappa shape index (κ3) is 13.1. The van der Waals surface area contributed by atoms with Gasteiger partial charge in [0.1, 0.15) is 0 Å². The van der Waals surface area contributed by atoms with Crippen molar-refractivity contribution in [2.75, 3.05) is 79.3 Å². The van der Waals surface area contributed by atoms with Crippen molar-refractivity contribution in [1.82, 2.24) is 0 Å². The predicted molar refractivity (Wildman–Crippen MR) is 167 cm³/mol. The summed E-state index contributed by atoms with van der Waals surface area (Å²) in [6, 6.07) is 21.3. The van der Waals surface area contributed by atoms with Crippen molar-refractivity contribution >= 4 is 27.0 Å². The highest BCUT2D eigenvalue weighted by Crippen LogP contribution is 2.36. The van der Waals surface area contributed by atoms with Crippen LogP contribution in [0.1, 0.15) is 20.8 Å². The number of hydrogen-bond acceptors (Lipinski definition) is 7. The van der Waals surface area contributed by atoms with E-state index in [1.54, 1.807) is 0 Å². The maximum absolute atomic E-state index is 6.83. The molecule has 0 saturated carbocycles. The molecule has 0 radical (unpaired) electrons. The zero-order valence-electron chi connectivity index (χ0n) is 25.6. The van der Waals surface area contributed by atoms with Crippen LogP contribution in [0.4, 0.5) is 0 Å². The SMILES string of the molecule is CC(C)(C)[Si](OCCOCCOCCOCCOCCOCCO[Si](C)(C)C)(c1ccccc1)c1ccccc1. The van der Waals surface area contributed by atoms with Crippen LogP contribution in [-0.4, -0.2) is 95.9 Å². The lowest BCUT2D eigenvalue weighted by atomic mass is 10.2. The molecule has 0 bridgehead atoms. The van der Waals surface area contributed by atoms with Crippen LogP contribution >= 0.6 is 0 Å². The van der Waals surface area contributed by atoms with Crippen molar-refractivity contribution in [3.63, 3.8) is 0 Å². The molecule has 0 saturated heterocycles. The summed E-state index contributed by atoms with van der Waals surface area (Å²) in [6.07, 6.45) is 0. The number of hydrogen-bond donors (Lipinski definition) is 0. The first kappa shape index (κ1) is 34.8. The lowest BCUT2D eigenvalue weighted by Crippen LogP contribution is -2.66. The number of benzene rings is 2. The zero-order valence-corrected chi connectivity index (χ0v) is 27.6. The van der Waals surface area contributed by atoms with E-state index in [-0.39, 0.29) is 5.04 Å². The maximum Gasteiger partial charge on any atom is 0.261 e. The van der Waals surface area contributed by atoms with Crippen LogP contribution in [-0.2, 0) is 32.5 Å². The Kier molecular flexibility index (Phi) is 16.5. The Morgan fingerprint density at radius 3 is 1.05 bits per heavy atom. The Morgan fingerprint density at radius 1 is 0.450 bits per heavy atom. The van der Waals surface area contributed by atoms with Crippen LogP contribution in [0.5, 0.6) is 0 Å². The summed E-state index contributed by atoms with van der Waals surface area (Å²) in [6.45, 7) is 20.0. The minimum atomic E-state index is -2.52.